The molecule has 122 valence electrons. The molecule has 6 heteroatoms. The minimum atomic E-state index is -3.54. The molecule has 1 heterocycles. The van der Waals surface area contributed by atoms with Crippen LogP contribution in [0, 0.1) is 5.92 Å². The maximum Gasteiger partial charge on any atom is 0.307 e. The standard InChI is InChI=1S/C17H20NO4P/c19-17(20)16(7-6-14-8-10-18-11-9-14)13-23(21,22)12-15-4-2-1-3-5-15/h1-5,8-11,16H,6-7,12-13H2,(H,19,20)(H,21,22). The Balaban J connectivity index is 1.98. The van der Waals surface area contributed by atoms with Crippen LogP contribution in [0.25, 0.3) is 0 Å². The summed E-state index contributed by atoms with van der Waals surface area (Å²) in [5.41, 5.74) is 1.72. The summed E-state index contributed by atoms with van der Waals surface area (Å²) in [6.45, 7) is 0. The topological polar surface area (TPSA) is 87.5 Å². The van der Waals surface area contributed by atoms with Crippen LogP contribution < -0.4 is 0 Å². The molecule has 0 amide bonds. The van der Waals surface area contributed by atoms with Crippen molar-refractivity contribution in [2.45, 2.75) is 19.0 Å². The highest BCUT2D eigenvalue weighted by molar-refractivity contribution is 7.57. The van der Waals surface area contributed by atoms with Crippen LogP contribution in [0.3, 0.4) is 0 Å². The Morgan fingerprint density at radius 3 is 2.35 bits per heavy atom. The highest BCUT2D eigenvalue weighted by Crippen LogP contribution is 2.46. The second kappa shape index (κ2) is 8.04. The third-order valence-corrected chi connectivity index (χ3v) is 5.53. The number of nitrogens with zero attached hydrogens (tertiary/aromatic N) is 1. The van der Waals surface area contributed by atoms with Gasteiger partial charge in [0.15, 0.2) is 0 Å². The van der Waals surface area contributed by atoms with E-state index in [1.165, 1.54) is 0 Å². The van der Waals surface area contributed by atoms with Crippen molar-refractivity contribution < 1.29 is 19.4 Å². The van der Waals surface area contributed by atoms with Gasteiger partial charge in [-0.05, 0) is 36.1 Å². The molecule has 2 atom stereocenters. The second-order valence-corrected chi connectivity index (χ2v) is 7.98. The van der Waals surface area contributed by atoms with Crippen molar-refractivity contribution in [2.75, 3.05) is 6.16 Å². The lowest BCUT2D eigenvalue weighted by atomic mass is 10.0. The molecule has 2 rings (SSSR count). The zero-order valence-electron chi connectivity index (χ0n) is 12.7. The van der Waals surface area contributed by atoms with E-state index in [4.69, 9.17) is 0 Å². The van der Waals surface area contributed by atoms with Gasteiger partial charge in [-0.2, -0.15) is 0 Å². The van der Waals surface area contributed by atoms with Crippen LogP contribution in [0.4, 0.5) is 0 Å². The van der Waals surface area contributed by atoms with E-state index in [0.29, 0.717) is 12.8 Å². The van der Waals surface area contributed by atoms with Gasteiger partial charge >= 0.3 is 5.97 Å². The Labute approximate surface area is 135 Å². The van der Waals surface area contributed by atoms with Gasteiger partial charge in [0.1, 0.15) is 0 Å². The van der Waals surface area contributed by atoms with E-state index >= 15 is 0 Å². The van der Waals surface area contributed by atoms with Crippen molar-refractivity contribution in [1.29, 1.82) is 0 Å². The number of carboxylic acid groups (broad SMARTS) is 1. The molecule has 2 unspecified atom stereocenters. The van der Waals surface area contributed by atoms with Gasteiger partial charge in [0.05, 0.1) is 5.92 Å². The van der Waals surface area contributed by atoms with E-state index in [9.17, 15) is 19.4 Å². The van der Waals surface area contributed by atoms with Crippen LogP contribution in [-0.4, -0.2) is 27.1 Å². The lowest BCUT2D eigenvalue weighted by Crippen LogP contribution is -2.19. The number of aryl methyl sites for hydroxylation is 1. The summed E-state index contributed by atoms with van der Waals surface area (Å²) in [5, 5.41) is 9.34. The fourth-order valence-corrected chi connectivity index (χ4v) is 4.40. The van der Waals surface area contributed by atoms with E-state index in [1.54, 1.807) is 36.7 Å². The Hall–Kier alpha value is -1.97. The Bertz CT molecular complexity index is 676. The molecule has 0 aliphatic rings. The van der Waals surface area contributed by atoms with Crippen molar-refractivity contribution >= 4 is 13.3 Å². The van der Waals surface area contributed by atoms with Crippen LogP contribution in [0.15, 0.2) is 54.9 Å². The lowest BCUT2D eigenvalue weighted by molar-refractivity contribution is -0.141. The monoisotopic (exact) mass is 333 g/mol. The summed E-state index contributed by atoms with van der Waals surface area (Å²) in [6, 6.07) is 12.6. The van der Waals surface area contributed by atoms with Gasteiger partial charge in [-0.1, -0.05) is 30.3 Å². The molecular weight excluding hydrogens is 313 g/mol. The summed E-state index contributed by atoms with van der Waals surface area (Å²) < 4.78 is 12.4. The summed E-state index contributed by atoms with van der Waals surface area (Å²) in [7, 11) is -3.54. The molecule has 0 fully saturated rings. The summed E-state index contributed by atoms with van der Waals surface area (Å²) in [6.07, 6.45) is 3.98. The highest BCUT2D eigenvalue weighted by Gasteiger charge is 2.28. The molecule has 0 bridgehead atoms. The number of carbonyl (C=O) groups is 1. The summed E-state index contributed by atoms with van der Waals surface area (Å²) in [4.78, 5) is 25.5. The number of aromatic nitrogens is 1. The predicted octanol–water partition coefficient (Wildman–Crippen LogP) is 3.19. The molecule has 0 radical (unpaired) electrons. The Morgan fingerprint density at radius 2 is 1.74 bits per heavy atom. The maximum absolute atomic E-state index is 12.4. The van der Waals surface area contributed by atoms with Gasteiger partial charge in [-0.3, -0.25) is 14.3 Å². The van der Waals surface area contributed by atoms with Crippen molar-refractivity contribution in [1.82, 2.24) is 4.98 Å². The molecule has 23 heavy (non-hydrogen) atoms. The number of hydrogen-bond acceptors (Lipinski definition) is 3. The van der Waals surface area contributed by atoms with Crippen molar-refractivity contribution in [3.63, 3.8) is 0 Å². The zero-order valence-corrected chi connectivity index (χ0v) is 13.6. The van der Waals surface area contributed by atoms with E-state index in [1.807, 2.05) is 18.2 Å². The minimum Gasteiger partial charge on any atom is -0.481 e. The van der Waals surface area contributed by atoms with Gasteiger partial charge in [0, 0.05) is 24.7 Å². The largest absolute Gasteiger partial charge is 0.481 e. The predicted molar refractivity (Wildman–Crippen MR) is 88.5 cm³/mol. The van der Waals surface area contributed by atoms with Gasteiger partial charge in [0.25, 0.3) is 0 Å². The molecule has 5 nitrogen and oxygen atoms in total. The first-order valence-corrected chi connectivity index (χ1v) is 9.46. The van der Waals surface area contributed by atoms with Crippen LogP contribution in [-0.2, 0) is 21.9 Å². The quantitative estimate of drug-likeness (QED) is 0.725. The van der Waals surface area contributed by atoms with E-state index in [-0.39, 0.29) is 12.3 Å². The number of benzene rings is 1. The first-order chi connectivity index (χ1) is 11.0. The van der Waals surface area contributed by atoms with Crippen molar-refractivity contribution in [2.24, 2.45) is 5.92 Å². The van der Waals surface area contributed by atoms with Gasteiger partial charge in [0.2, 0.25) is 7.37 Å². The average molecular weight is 333 g/mol. The molecule has 2 aromatic rings. The maximum atomic E-state index is 12.4. The lowest BCUT2D eigenvalue weighted by Gasteiger charge is -2.17. The number of carboxylic acids is 1. The van der Waals surface area contributed by atoms with Crippen LogP contribution >= 0.6 is 7.37 Å². The van der Waals surface area contributed by atoms with Crippen molar-refractivity contribution in [3.05, 3.63) is 66.0 Å². The van der Waals surface area contributed by atoms with Gasteiger partial charge in [-0.25, -0.2) is 0 Å². The Kier molecular flexibility index (Phi) is 6.08. The molecule has 0 saturated carbocycles. The molecular formula is C17H20NO4P. The molecule has 0 saturated heterocycles. The Morgan fingerprint density at radius 1 is 1.09 bits per heavy atom. The van der Waals surface area contributed by atoms with Crippen LogP contribution in [0.2, 0.25) is 0 Å². The third kappa shape index (κ3) is 5.97. The minimum absolute atomic E-state index is 0.00682. The second-order valence-electron chi connectivity index (χ2n) is 5.60. The number of pyridine rings is 1. The molecule has 0 aliphatic heterocycles. The van der Waals surface area contributed by atoms with Gasteiger partial charge < -0.3 is 10.00 Å². The van der Waals surface area contributed by atoms with Gasteiger partial charge in [-0.15, -0.1) is 0 Å². The number of aliphatic carboxylic acids is 1. The molecule has 2 N–H and O–H groups in total. The molecule has 1 aromatic heterocycles. The number of rotatable bonds is 8. The summed E-state index contributed by atoms with van der Waals surface area (Å²) in [5.74, 6) is -1.86. The third-order valence-electron chi connectivity index (χ3n) is 3.66. The normalized spacial score (nSPS) is 14.8. The first kappa shape index (κ1) is 17.4. The van der Waals surface area contributed by atoms with Crippen molar-refractivity contribution in [3.8, 4) is 0 Å². The van der Waals surface area contributed by atoms with Crippen LogP contribution in [0.5, 0.6) is 0 Å². The molecule has 1 aromatic carbocycles. The van der Waals surface area contributed by atoms with E-state index < -0.39 is 19.3 Å². The highest BCUT2D eigenvalue weighted by atomic mass is 31.2. The average Bonchev–Trinajstić information content (AvgIpc) is 2.52. The smallest absolute Gasteiger partial charge is 0.307 e. The number of hydrogen-bond donors (Lipinski definition) is 2. The molecule has 0 spiro atoms. The van der Waals surface area contributed by atoms with E-state index in [2.05, 4.69) is 4.98 Å². The summed E-state index contributed by atoms with van der Waals surface area (Å²) >= 11 is 0. The van der Waals surface area contributed by atoms with Crippen LogP contribution in [0.1, 0.15) is 17.5 Å². The zero-order chi connectivity index (χ0) is 16.7. The first-order valence-electron chi connectivity index (χ1n) is 7.43. The fourth-order valence-electron chi connectivity index (χ4n) is 2.46. The fraction of sp³-hybridized carbons (Fsp3) is 0.294. The van der Waals surface area contributed by atoms with E-state index in [0.717, 1.165) is 11.1 Å². The molecule has 0 aliphatic carbocycles. The SMILES string of the molecule is O=C(O)C(CCc1ccncc1)CP(=O)(O)Cc1ccccc1.